The van der Waals surface area contributed by atoms with E-state index in [0.717, 1.165) is 6.54 Å². The van der Waals surface area contributed by atoms with Gasteiger partial charge in [0.2, 0.25) is 0 Å². The number of nitrogens with two attached hydrogens (primary N) is 3. The molecule has 9 nitrogen and oxygen atoms in total. The fraction of sp³-hybridized carbons (Fsp3) is 0.238. The molecule has 1 aliphatic rings. The van der Waals surface area contributed by atoms with Crippen LogP contribution < -0.4 is 22.5 Å². The van der Waals surface area contributed by atoms with Crippen LogP contribution in [0.25, 0.3) is 0 Å². The first kappa shape index (κ1) is 21.0. The van der Waals surface area contributed by atoms with Crippen molar-refractivity contribution in [3.05, 3.63) is 57.6 Å². The van der Waals surface area contributed by atoms with Crippen molar-refractivity contribution in [1.82, 2.24) is 10.2 Å². The lowest BCUT2D eigenvalue weighted by molar-refractivity contribution is 0.0934. The topological polar surface area (TPSA) is 162 Å². The van der Waals surface area contributed by atoms with E-state index in [1.807, 2.05) is 19.0 Å². The second-order valence-electron chi connectivity index (χ2n) is 7.31. The van der Waals surface area contributed by atoms with Gasteiger partial charge in [-0.15, -0.1) is 0 Å². The maximum absolute atomic E-state index is 13.1. The largest absolute Gasteiger partial charge is 0.397 e. The summed E-state index contributed by atoms with van der Waals surface area (Å²) in [4.78, 5) is 53.0. The number of nitrogens with zero attached hydrogens (tertiary/aromatic N) is 1. The lowest BCUT2D eigenvalue weighted by Crippen LogP contribution is -2.33. The zero-order chi connectivity index (χ0) is 22.2. The fourth-order valence-corrected chi connectivity index (χ4v) is 3.59. The molecule has 3 rings (SSSR count). The van der Waals surface area contributed by atoms with Crippen molar-refractivity contribution < 1.29 is 19.2 Å². The molecule has 0 atom stereocenters. The third kappa shape index (κ3) is 3.39. The van der Waals surface area contributed by atoms with Gasteiger partial charge >= 0.3 is 0 Å². The van der Waals surface area contributed by atoms with E-state index in [0.29, 0.717) is 13.0 Å². The summed E-state index contributed by atoms with van der Waals surface area (Å²) in [6.07, 6.45) is 0.649. The SMILES string of the molecule is CN(C)CCCNC(=O)c1c(N)c2c(c(N)c1C(N)=O)C(=O)c1ccccc1C2=O. The lowest BCUT2D eigenvalue weighted by Gasteiger charge is -2.24. The van der Waals surface area contributed by atoms with E-state index >= 15 is 0 Å². The van der Waals surface area contributed by atoms with Crippen LogP contribution in [0, 0.1) is 0 Å². The number of anilines is 2. The van der Waals surface area contributed by atoms with Gasteiger partial charge in [0.25, 0.3) is 11.8 Å². The molecular formula is C21H23N5O4. The normalized spacial score (nSPS) is 12.5. The lowest BCUT2D eigenvalue weighted by atomic mass is 9.79. The van der Waals surface area contributed by atoms with Crippen LogP contribution >= 0.6 is 0 Å². The molecule has 0 heterocycles. The van der Waals surface area contributed by atoms with Gasteiger partial charge in [0.1, 0.15) is 0 Å². The van der Waals surface area contributed by atoms with E-state index in [2.05, 4.69) is 5.32 Å². The molecular weight excluding hydrogens is 386 g/mol. The Balaban J connectivity index is 2.15. The van der Waals surface area contributed by atoms with Gasteiger partial charge in [-0.25, -0.2) is 0 Å². The third-order valence-electron chi connectivity index (χ3n) is 4.99. The predicted octanol–water partition coefficient (Wildman–Crippen LogP) is 0.407. The Morgan fingerprint density at radius 2 is 1.43 bits per heavy atom. The smallest absolute Gasteiger partial charge is 0.254 e. The Bertz CT molecular complexity index is 1090. The standard InChI is InChI=1S/C21H23N5O4/c1-26(2)9-5-8-25-21(30)15-14(20(24)29)16(22)12-13(17(15)23)19(28)11-7-4-3-6-10(11)18(12)27/h3-4,6-7H,5,8-9,22-23H2,1-2H3,(H2,24,29)(H,25,30). The predicted molar refractivity (Wildman–Crippen MR) is 113 cm³/mol. The summed E-state index contributed by atoms with van der Waals surface area (Å²) in [7, 11) is 3.80. The van der Waals surface area contributed by atoms with Gasteiger partial charge in [-0.3, -0.25) is 19.2 Å². The van der Waals surface area contributed by atoms with Crippen molar-refractivity contribution in [3.63, 3.8) is 0 Å². The van der Waals surface area contributed by atoms with Crippen LogP contribution in [0.1, 0.15) is 59.0 Å². The molecule has 0 saturated heterocycles. The summed E-state index contributed by atoms with van der Waals surface area (Å²) in [5.74, 6) is -2.79. The first-order chi connectivity index (χ1) is 14.2. The Morgan fingerprint density at radius 3 is 1.90 bits per heavy atom. The van der Waals surface area contributed by atoms with Crippen molar-refractivity contribution in [1.29, 1.82) is 0 Å². The Kier molecular flexibility index (Phi) is 5.57. The Labute approximate surface area is 173 Å². The molecule has 156 valence electrons. The second-order valence-corrected chi connectivity index (χ2v) is 7.31. The van der Waals surface area contributed by atoms with E-state index < -0.39 is 23.4 Å². The van der Waals surface area contributed by atoms with Crippen LogP contribution in [0.2, 0.25) is 0 Å². The molecule has 0 bridgehead atoms. The average molecular weight is 409 g/mol. The highest BCUT2D eigenvalue weighted by atomic mass is 16.2. The minimum atomic E-state index is -1.01. The summed E-state index contributed by atoms with van der Waals surface area (Å²) < 4.78 is 0. The number of hydrogen-bond donors (Lipinski definition) is 4. The summed E-state index contributed by atoms with van der Waals surface area (Å²) in [6, 6.07) is 6.21. The molecule has 2 aromatic carbocycles. The number of hydrogen-bond acceptors (Lipinski definition) is 7. The van der Waals surface area contributed by atoms with Gasteiger partial charge in [-0.2, -0.15) is 0 Å². The number of ketones is 2. The molecule has 0 fully saturated rings. The number of primary amides is 1. The van der Waals surface area contributed by atoms with E-state index in [1.54, 1.807) is 12.1 Å². The monoisotopic (exact) mass is 409 g/mol. The molecule has 30 heavy (non-hydrogen) atoms. The molecule has 1 aliphatic carbocycles. The molecule has 0 saturated carbocycles. The highest BCUT2D eigenvalue weighted by Gasteiger charge is 2.38. The number of carbonyl (C=O) groups excluding carboxylic acids is 4. The van der Waals surface area contributed by atoms with Gasteiger partial charge in [0, 0.05) is 17.7 Å². The van der Waals surface area contributed by atoms with Crippen molar-refractivity contribution in [3.8, 4) is 0 Å². The van der Waals surface area contributed by atoms with Crippen LogP contribution in [0.3, 0.4) is 0 Å². The average Bonchev–Trinajstić information content (AvgIpc) is 2.69. The van der Waals surface area contributed by atoms with Crippen LogP contribution in [0.5, 0.6) is 0 Å². The molecule has 2 aromatic rings. The molecule has 2 amide bonds. The van der Waals surface area contributed by atoms with Gasteiger partial charge < -0.3 is 27.4 Å². The second kappa shape index (κ2) is 7.96. The minimum absolute atomic E-state index is 0.150. The van der Waals surface area contributed by atoms with Crippen LogP contribution in [-0.2, 0) is 0 Å². The van der Waals surface area contributed by atoms with Crippen molar-refractivity contribution in [2.24, 2.45) is 5.73 Å². The molecule has 9 heteroatoms. The maximum Gasteiger partial charge on any atom is 0.254 e. The number of nitrogens with one attached hydrogen (secondary N) is 1. The van der Waals surface area contributed by atoms with Gasteiger partial charge in [0.05, 0.1) is 33.6 Å². The third-order valence-corrected chi connectivity index (χ3v) is 4.99. The molecule has 0 aromatic heterocycles. The van der Waals surface area contributed by atoms with Crippen molar-refractivity contribution >= 4 is 34.8 Å². The van der Waals surface area contributed by atoms with Crippen LogP contribution in [-0.4, -0.2) is 55.5 Å². The number of rotatable bonds is 6. The first-order valence-corrected chi connectivity index (χ1v) is 9.32. The summed E-state index contributed by atoms with van der Waals surface area (Å²) in [5.41, 5.74) is 16.4. The molecule has 0 aliphatic heterocycles. The number of benzene rings is 2. The zero-order valence-corrected chi connectivity index (χ0v) is 16.7. The Morgan fingerprint density at radius 1 is 0.933 bits per heavy atom. The van der Waals surface area contributed by atoms with Gasteiger partial charge in [0.15, 0.2) is 11.6 Å². The number of nitrogen functional groups attached to an aromatic ring is 2. The van der Waals surface area contributed by atoms with E-state index in [9.17, 15) is 19.2 Å². The highest BCUT2D eigenvalue weighted by molar-refractivity contribution is 6.34. The summed E-state index contributed by atoms with van der Waals surface area (Å²) in [6.45, 7) is 1.04. The van der Waals surface area contributed by atoms with Crippen LogP contribution in [0.15, 0.2) is 24.3 Å². The number of amides is 2. The van der Waals surface area contributed by atoms with Crippen LogP contribution in [0.4, 0.5) is 11.4 Å². The molecule has 7 N–H and O–H groups in total. The summed E-state index contributed by atoms with van der Waals surface area (Å²) >= 11 is 0. The Hall–Kier alpha value is -3.72. The molecule has 0 spiro atoms. The van der Waals surface area contributed by atoms with Gasteiger partial charge in [-0.1, -0.05) is 24.3 Å². The summed E-state index contributed by atoms with van der Waals surface area (Å²) in [5, 5.41) is 2.66. The van der Waals surface area contributed by atoms with Gasteiger partial charge in [-0.05, 0) is 27.1 Å². The zero-order valence-electron chi connectivity index (χ0n) is 16.7. The van der Waals surface area contributed by atoms with Crippen molar-refractivity contribution in [2.75, 3.05) is 38.7 Å². The van der Waals surface area contributed by atoms with Crippen molar-refractivity contribution in [2.45, 2.75) is 6.42 Å². The first-order valence-electron chi connectivity index (χ1n) is 9.32. The molecule has 0 unspecified atom stereocenters. The quantitative estimate of drug-likeness (QED) is 0.338. The molecule has 0 radical (unpaired) electrons. The van der Waals surface area contributed by atoms with E-state index in [4.69, 9.17) is 17.2 Å². The van der Waals surface area contributed by atoms with E-state index in [1.165, 1.54) is 12.1 Å². The fourth-order valence-electron chi connectivity index (χ4n) is 3.59. The maximum atomic E-state index is 13.1. The number of carbonyl (C=O) groups is 4. The van der Waals surface area contributed by atoms with E-state index in [-0.39, 0.29) is 44.8 Å². The highest BCUT2D eigenvalue weighted by Crippen LogP contribution is 2.39. The number of fused-ring (bicyclic) bond motifs is 2. The minimum Gasteiger partial charge on any atom is -0.397 e.